The fraction of sp³-hybridized carbons (Fsp3) is 0.250. The first kappa shape index (κ1) is 14.4. The molecule has 0 radical (unpaired) electrons. The number of benzene rings is 2. The summed E-state index contributed by atoms with van der Waals surface area (Å²) in [5.41, 5.74) is 4.43. The van der Waals surface area contributed by atoms with E-state index in [1.54, 1.807) is 0 Å². The van der Waals surface area contributed by atoms with Crippen LogP contribution in [0.15, 0.2) is 48.5 Å². The van der Waals surface area contributed by atoms with Crippen LogP contribution >= 0.6 is 0 Å². The van der Waals surface area contributed by atoms with Gasteiger partial charge in [0.2, 0.25) is 0 Å². The Hall–Kier alpha value is -2.53. The zero-order chi connectivity index (χ0) is 15.5. The molecule has 1 saturated carbocycles. The number of hydrogen-bond acceptors (Lipinski definition) is 2. The zero-order valence-electron chi connectivity index (χ0n) is 12.8. The summed E-state index contributed by atoms with van der Waals surface area (Å²) in [5.74, 6) is 6.58. The Morgan fingerprint density at radius 3 is 2.09 bits per heavy atom. The first-order valence-corrected chi connectivity index (χ1v) is 7.44. The van der Waals surface area contributed by atoms with Crippen molar-refractivity contribution in [3.8, 4) is 11.8 Å². The van der Waals surface area contributed by atoms with Gasteiger partial charge in [-0.25, -0.2) is 0 Å². The maximum atomic E-state index is 11.5. The molecule has 3 rings (SSSR count). The predicted molar refractivity (Wildman–Crippen MR) is 86.5 cm³/mol. The van der Waals surface area contributed by atoms with Crippen LogP contribution in [0.3, 0.4) is 0 Å². The number of carbonyl (C=O) groups is 1. The van der Waals surface area contributed by atoms with Gasteiger partial charge < -0.3 is 4.74 Å². The first-order valence-electron chi connectivity index (χ1n) is 7.44. The number of methoxy groups -OCH3 is 1. The van der Waals surface area contributed by atoms with E-state index in [-0.39, 0.29) is 11.9 Å². The zero-order valence-corrected chi connectivity index (χ0v) is 12.8. The van der Waals surface area contributed by atoms with E-state index < -0.39 is 0 Å². The quantitative estimate of drug-likeness (QED) is 0.623. The van der Waals surface area contributed by atoms with Gasteiger partial charge in [-0.1, -0.05) is 41.7 Å². The summed E-state index contributed by atoms with van der Waals surface area (Å²) < 4.78 is 4.78. The lowest BCUT2D eigenvalue weighted by Crippen LogP contribution is -2.03. The molecule has 1 fully saturated rings. The Labute approximate surface area is 131 Å². The van der Waals surface area contributed by atoms with Crippen molar-refractivity contribution in [2.45, 2.75) is 19.3 Å². The Bertz CT molecular complexity index is 730. The highest BCUT2D eigenvalue weighted by Crippen LogP contribution is 2.47. The van der Waals surface area contributed by atoms with Crippen LogP contribution in [0.4, 0.5) is 0 Å². The van der Waals surface area contributed by atoms with Gasteiger partial charge in [0, 0.05) is 11.1 Å². The van der Waals surface area contributed by atoms with Gasteiger partial charge >= 0.3 is 5.97 Å². The lowest BCUT2D eigenvalue weighted by atomic mass is 10.1. The van der Waals surface area contributed by atoms with Gasteiger partial charge in [0.1, 0.15) is 0 Å². The van der Waals surface area contributed by atoms with Crippen LogP contribution in [0.1, 0.15) is 34.6 Å². The second-order valence-electron chi connectivity index (χ2n) is 5.71. The fourth-order valence-electron chi connectivity index (χ4n) is 2.57. The van der Waals surface area contributed by atoms with E-state index in [1.165, 1.54) is 18.2 Å². The molecule has 0 aliphatic heterocycles. The molecule has 1 aliphatic carbocycles. The monoisotopic (exact) mass is 290 g/mol. The second kappa shape index (κ2) is 6.07. The van der Waals surface area contributed by atoms with Gasteiger partial charge in [0.25, 0.3) is 0 Å². The molecule has 2 aromatic carbocycles. The van der Waals surface area contributed by atoms with Crippen LogP contribution in [-0.2, 0) is 9.53 Å². The molecular weight excluding hydrogens is 272 g/mol. The van der Waals surface area contributed by atoms with E-state index >= 15 is 0 Å². The molecule has 0 aromatic heterocycles. The highest BCUT2D eigenvalue weighted by Gasteiger charge is 2.44. The minimum atomic E-state index is -0.103. The maximum absolute atomic E-state index is 11.5. The van der Waals surface area contributed by atoms with Crippen molar-refractivity contribution in [3.05, 3.63) is 70.8 Å². The third kappa shape index (κ3) is 3.20. The van der Waals surface area contributed by atoms with Crippen LogP contribution in [0.2, 0.25) is 0 Å². The fourth-order valence-corrected chi connectivity index (χ4v) is 2.57. The molecule has 0 bridgehead atoms. The summed E-state index contributed by atoms with van der Waals surface area (Å²) in [4.78, 5) is 11.5. The van der Waals surface area contributed by atoms with E-state index in [0.717, 1.165) is 17.5 Å². The van der Waals surface area contributed by atoms with Crippen LogP contribution in [-0.4, -0.2) is 13.1 Å². The summed E-state index contributed by atoms with van der Waals surface area (Å²) in [6.45, 7) is 2.06. The Morgan fingerprint density at radius 1 is 1.00 bits per heavy atom. The summed E-state index contributed by atoms with van der Waals surface area (Å²) in [7, 11) is 1.45. The van der Waals surface area contributed by atoms with Crippen molar-refractivity contribution in [1.29, 1.82) is 0 Å². The number of hydrogen-bond donors (Lipinski definition) is 0. The van der Waals surface area contributed by atoms with Crippen LogP contribution in [0.5, 0.6) is 0 Å². The predicted octanol–water partition coefficient (Wildman–Crippen LogP) is 3.67. The average Bonchev–Trinajstić information content (AvgIpc) is 3.35. The Balaban J connectivity index is 1.68. The average molecular weight is 290 g/mol. The van der Waals surface area contributed by atoms with Gasteiger partial charge in [-0.3, -0.25) is 4.79 Å². The summed E-state index contributed by atoms with van der Waals surface area (Å²) in [6.07, 6.45) is 0.890. The van der Waals surface area contributed by atoms with Crippen LogP contribution in [0, 0.1) is 24.7 Å². The normalized spacial score (nSPS) is 19.0. The van der Waals surface area contributed by atoms with Crippen molar-refractivity contribution in [2.24, 2.45) is 5.92 Å². The molecule has 2 unspecified atom stereocenters. The molecule has 0 spiro atoms. The number of ether oxygens (including phenoxy) is 1. The van der Waals surface area contributed by atoms with Gasteiger partial charge in [0.05, 0.1) is 13.0 Å². The minimum absolute atomic E-state index is 0.0366. The largest absolute Gasteiger partial charge is 0.469 e. The molecule has 22 heavy (non-hydrogen) atoms. The topological polar surface area (TPSA) is 26.3 Å². The highest BCUT2D eigenvalue weighted by atomic mass is 16.5. The molecule has 1 aliphatic rings. The molecule has 0 N–H and O–H groups in total. The molecular formula is C20H18O2. The molecule has 0 heterocycles. The van der Waals surface area contributed by atoms with Crippen molar-refractivity contribution in [1.82, 2.24) is 0 Å². The lowest BCUT2D eigenvalue weighted by Gasteiger charge is -2.00. The second-order valence-corrected chi connectivity index (χ2v) is 5.71. The van der Waals surface area contributed by atoms with E-state index in [2.05, 4.69) is 43.0 Å². The SMILES string of the molecule is COC(=O)C1CC1c1ccc(C#Cc2ccc(C)cc2)cc1. The first-order chi connectivity index (χ1) is 10.7. The van der Waals surface area contributed by atoms with Gasteiger partial charge in [-0.15, -0.1) is 0 Å². The van der Waals surface area contributed by atoms with E-state index in [1.807, 2.05) is 24.3 Å². The number of rotatable bonds is 2. The van der Waals surface area contributed by atoms with Crippen molar-refractivity contribution >= 4 is 5.97 Å². The summed E-state index contributed by atoms with van der Waals surface area (Å²) >= 11 is 0. The molecule has 0 amide bonds. The van der Waals surface area contributed by atoms with Gasteiger partial charge in [-0.2, -0.15) is 0 Å². The highest BCUT2D eigenvalue weighted by molar-refractivity contribution is 5.77. The van der Waals surface area contributed by atoms with Gasteiger partial charge in [0.15, 0.2) is 0 Å². The number of esters is 1. The molecule has 110 valence electrons. The maximum Gasteiger partial charge on any atom is 0.309 e. The number of aryl methyl sites for hydroxylation is 1. The van der Waals surface area contributed by atoms with Gasteiger partial charge in [-0.05, 0) is 49.1 Å². The van der Waals surface area contributed by atoms with Crippen molar-refractivity contribution in [2.75, 3.05) is 7.11 Å². The standard InChI is InChI=1S/C20H18O2/c1-14-3-5-15(6-4-14)7-8-16-9-11-17(12-10-16)18-13-19(18)20(21)22-2/h3-6,9-12,18-19H,13H2,1-2H3. The Morgan fingerprint density at radius 2 is 1.55 bits per heavy atom. The minimum Gasteiger partial charge on any atom is -0.469 e. The number of carbonyl (C=O) groups excluding carboxylic acids is 1. The lowest BCUT2D eigenvalue weighted by molar-refractivity contribution is -0.142. The van der Waals surface area contributed by atoms with Crippen molar-refractivity contribution in [3.63, 3.8) is 0 Å². The van der Waals surface area contributed by atoms with E-state index in [4.69, 9.17) is 4.74 Å². The summed E-state index contributed by atoms with van der Waals surface area (Å²) in [6, 6.07) is 16.3. The molecule has 2 nitrogen and oxygen atoms in total. The van der Waals surface area contributed by atoms with Crippen LogP contribution in [0.25, 0.3) is 0 Å². The molecule has 2 atom stereocenters. The summed E-state index contributed by atoms with van der Waals surface area (Å²) in [5, 5.41) is 0. The van der Waals surface area contributed by atoms with E-state index in [0.29, 0.717) is 5.92 Å². The van der Waals surface area contributed by atoms with E-state index in [9.17, 15) is 4.79 Å². The molecule has 2 aromatic rings. The molecule has 0 saturated heterocycles. The molecule has 2 heteroatoms. The van der Waals surface area contributed by atoms with Crippen molar-refractivity contribution < 1.29 is 9.53 Å². The Kier molecular flexibility index (Phi) is 3.98. The third-order valence-electron chi connectivity index (χ3n) is 4.04. The van der Waals surface area contributed by atoms with Crippen LogP contribution < -0.4 is 0 Å². The third-order valence-corrected chi connectivity index (χ3v) is 4.04. The smallest absolute Gasteiger partial charge is 0.309 e.